The Hall–Kier alpha value is -0.570. The van der Waals surface area contributed by atoms with Crippen LogP contribution in [-0.4, -0.2) is 34.6 Å². The predicted octanol–water partition coefficient (Wildman–Crippen LogP) is 4.06. The molecule has 2 fully saturated rings. The number of hydrogen-bond acceptors (Lipinski definition) is 2. The highest BCUT2D eigenvalue weighted by Gasteiger charge is 2.30. The third-order valence-electron chi connectivity index (χ3n) is 5.47. The Morgan fingerprint density at radius 1 is 1.10 bits per heavy atom. The molecular weight excluding hydrogens is 250 g/mol. The number of aliphatic carboxylic acids is 1. The Balaban J connectivity index is 1.91. The van der Waals surface area contributed by atoms with Crippen LogP contribution in [0.1, 0.15) is 77.6 Å². The molecule has 0 bridgehead atoms. The lowest BCUT2D eigenvalue weighted by atomic mass is 9.93. The summed E-state index contributed by atoms with van der Waals surface area (Å²) < 4.78 is 0. The van der Waals surface area contributed by atoms with Crippen molar-refractivity contribution in [3.63, 3.8) is 0 Å². The lowest BCUT2D eigenvalue weighted by Crippen LogP contribution is -2.46. The fourth-order valence-electron chi connectivity index (χ4n) is 4.20. The summed E-state index contributed by atoms with van der Waals surface area (Å²) >= 11 is 0. The van der Waals surface area contributed by atoms with Gasteiger partial charge in [-0.2, -0.15) is 0 Å². The number of rotatable bonds is 5. The number of carboxylic acids is 1. The summed E-state index contributed by atoms with van der Waals surface area (Å²) in [7, 11) is 0. The molecule has 1 saturated heterocycles. The molecule has 0 radical (unpaired) electrons. The van der Waals surface area contributed by atoms with Crippen molar-refractivity contribution in [3.05, 3.63) is 0 Å². The Labute approximate surface area is 123 Å². The Bertz CT molecular complexity index is 305. The van der Waals surface area contributed by atoms with Crippen molar-refractivity contribution >= 4 is 5.97 Å². The number of hydrogen-bond donors (Lipinski definition) is 1. The van der Waals surface area contributed by atoms with Gasteiger partial charge in [0.2, 0.25) is 0 Å². The molecule has 0 aromatic heterocycles. The molecule has 1 aliphatic heterocycles. The molecule has 116 valence electrons. The molecule has 1 saturated carbocycles. The van der Waals surface area contributed by atoms with Crippen molar-refractivity contribution in [2.45, 2.75) is 89.6 Å². The van der Waals surface area contributed by atoms with Crippen LogP contribution in [0.3, 0.4) is 0 Å². The van der Waals surface area contributed by atoms with E-state index in [1.165, 1.54) is 64.3 Å². The lowest BCUT2D eigenvalue weighted by Gasteiger charge is -2.41. The minimum absolute atomic E-state index is 0.339. The van der Waals surface area contributed by atoms with Gasteiger partial charge in [-0.1, -0.05) is 32.6 Å². The van der Waals surface area contributed by atoms with Gasteiger partial charge in [0.1, 0.15) is 0 Å². The van der Waals surface area contributed by atoms with Crippen molar-refractivity contribution in [1.29, 1.82) is 0 Å². The minimum Gasteiger partial charge on any atom is -0.481 e. The van der Waals surface area contributed by atoms with Gasteiger partial charge < -0.3 is 5.11 Å². The highest BCUT2D eigenvalue weighted by atomic mass is 16.4. The fourth-order valence-corrected chi connectivity index (χ4v) is 4.20. The second-order valence-corrected chi connectivity index (χ2v) is 6.76. The van der Waals surface area contributed by atoms with Crippen LogP contribution in [-0.2, 0) is 4.79 Å². The van der Waals surface area contributed by atoms with E-state index in [-0.39, 0.29) is 0 Å². The van der Waals surface area contributed by atoms with Crippen LogP contribution in [0, 0.1) is 5.92 Å². The van der Waals surface area contributed by atoms with Crippen LogP contribution < -0.4 is 0 Å². The molecule has 1 heterocycles. The first-order valence-corrected chi connectivity index (χ1v) is 8.68. The zero-order valence-corrected chi connectivity index (χ0v) is 13.0. The van der Waals surface area contributed by atoms with Crippen molar-refractivity contribution in [2.24, 2.45) is 5.92 Å². The second kappa shape index (κ2) is 8.02. The average molecular weight is 281 g/mol. The van der Waals surface area contributed by atoms with Gasteiger partial charge >= 0.3 is 5.97 Å². The van der Waals surface area contributed by atoms with E-state index in [0.29, 0.717) is 12.5 Å². The quantitative estimate of drug-likeness (QED) is 0.772. The molecule has 0 aromatic carbocycles. The SMILES string of the molecule is CCC1CCCC(N2CCCCC2CCC(=O)O)CC1. The third kappa shape index (κ3) is 4.47. The van der Waals surface area contributed by atoms with E-state index in [0.717, 1.165) is 18.4 Å². The zero-order chi connectivity index (χ0) is 14.4. The molecule has 3 unspecified atom stereocenters. The van der Waals surface area contributed by atoms with E-state index < -0.39 is 5.97 Å². The van der Waals surface area contributed by atoms with E-state index >= 15 is 0 Å². The summed E-state index contributed by atoms with van der Waals surface area (Å²) in [6.07, 6.45) is 13.1. The summed E-state index contributed by atoms with van der Waals surface area (Å²) in [5.41, 5.74) is 0. The Morgan fingerprint density at radius 3 is 2.70 bits per heavy atom. The van der Waals surface area contributed by atoms with Gasteiger partial charge in [0.15, 0.2) is 0 Å². The molecule has 20 heavy (non-hydrogen) atoms. The van der Waals surface area contributed by atoms with Gasteiger partial charge in [-0.3, -0.25) is 9.69 Å². The number of piperidine rings is 1. The first-order chi connectivity index (χ1) is 9.70. The number of carbonyl (C=O) groups is 1. The first kappa shape index (κ1) is 15.8. The topological polar surface area (TPSA) is 40.5 Å². The Morgan fingerprint density at radius 2 is 1.95 bits per heavy atom. The summed E-state index contributed by atoms with van der Waals surface area (Å²) in [6, 6.07) is 1.26. The van der Waals surface area contributed by atoms with Gasteiger partial charge in [0.05, 0.1) is 0 Å². The van der Waals surface area contributed by atoms with Crippen molar-refractivity contribution in [1.82, 2.24) is 4.90 Å². The van der Waals surface area contributed by atoms with E-state index in [2.05, 4.69) is 11.8 Å². The molecule has 1 N–H and O–H groups in total. The maximum Gasteiger partial charge on any atom is 0.303 e. The average Bonchev–Trinajstić information content (AvgIpc) is 2.70. The highest BCUT2D eigenvalue weighted by Crippen LogP contribution is 2.32. The molecule has 3 heteroatoms. The normalized spacial score (nSPS) is 32.8. The summed E-state index contributed by atoms with van der Waals surface area (Å²) in [6.45, 7) is 3.52. The van der Waals surface area contributed by atoms with Crippen molar-refractivity contribution in [2.75, 3.05) is 6.54 Å². The molecule has 2 rings (SSSR count). The Kier molecular flexibility index (Phi) is 6.34. The number of likely N-dealkylation sites (tertiary alicyclic amines) is 1. The van der Waals surface area contributed by atoms with Gasteiger partial charge in [-0.25, -0.2) is 0 Å². The van der Waals surface area contributed by atoms with Crippen molar-refractivity contribution in [3.8, 4) is 0 Å². The predicted molar refractivity (Wildman–Crippen MR) is 81.9 cm³/mol. The van der Waals surface area contributed by atoms with Crippen LogP contribution in [0.25, 0.3) is 0 Å². The smallest absolute Gasteiger partial charge is 0.303 e. The summed E-state index contributed by atoms with van der Waals surface area (Å²) in [4.78, 5) is 13.5. The van der Waals surface area contributed by atoms with E-state index in [1.54, 1.807) is 0 Å². The maximum atomic E-state index is 10.8. The molecule has 1 aliphatic carbocycles. The third-order valence-corrected chi connectivity index (χ3v) is 5.47. The van der Waals surface area contributed by atoms with Gasteiger partial charge in [0.25, 0.3) is 0 Å². The minimum atomic E-state index is -0.637. The van der Waals surface area contributed by atoms with Gasteiger partial charge in [0, 0.05) is 18.5 Å². The number of nitrogens with zero attached hydrogens (tertiary/aromatic N) is 1. The summed E-state index contributed by atoms with van der Waals surface area (Å²) in [5.74, 6) is 0.296. The van der Waals surface area contributed by atoms with E-state index in [1.807, 2.05) is 0 Å². The van der Waals surface area contributed by atoms with Gasteiger partial charge in [-0.05, 0) is 51.0 Å². The zero-order valence-electron chi connectivity index (χ0n) is 13.0. The first-order valence-electron chi connectivity index (χ1n) is 8.68. The van der Waals surface area contributed by atoms with E-state index in [9.17, 15) is 4.79 Å². The molecular formula is C17H31NO2. The maximum absolute atomic E-state index is 10.8. The molecule has 0 aromatic rings. The molecule has 0 spiro atoms. The summed E-state index contributed by atoms with van der Waals surface area (Å²) in [5, 5.41) is 8.93. The standard InChI is InChI=1S/C17H31NO2/c1-2-14-6-5-8-16(10-9-14)18-13-4-3-7-15(18)11-12-17(19)20/h14-16H,2-13H2,1H3,(H,19,20). The van der Waals surface area contributed by atoms with E-state index in [4.69, 9.17) is 5.11 Å². The van der Waals surface area contributed by atoms with Crippen LogP contribution >= 0.6 is 0 Å². The molecule has 3 nitrogen and oxygen atoms in total. The van der Waals surface area contributed by atoms with Gasteiger partial charge in [-0.15, -0.1) is 0 Å². The molecule has 0 amide bonds. The van der Waals surface area contributed by atoms with Crippen LogP contribution in [0.4, 0.5) is 0 Å². The second-order valence-electron chi connectivity index (χ2n) is 6.76. The highest BCUT2D eigenvalue weighted by molar-refractivity contribution is 5.66. The van der Waals surface area contributed by atoms with Crippen LogP contribution in [0.2, 0.25) is 0 Å². The van der Waals surface area contributed by atoms with Crippen LogP contribution in [0.15, 0.2) is 0 Å². The molecule has 2 aliphatic rings. The molecule has 3 atom stereocenters. The lowest BCUT2D eigenvalue weighted by molar-refractivity contribution is -0.137. The monoisotopic (exact) mass is 281 g/mol. The number of carboxylic acid groups (broad SMARTS) is 1. The fraction of sp³-hybridized carbons (Fsp3) is 0.941. The largest absolute Gasteiger partial charge is 0.481 e. The van der Waals surface area contributed by atoms with Crippen LogP contribution in [0.5, 0.6) is 0 Å². The van der Waals surface area contributed by atoms with Crippen molar-refractivity contribution < 1.29 is 9.90 Å².